The predicted octanol–water partition coefficient (Wildman–Crippen LogP) is 3.25. The number of halogens is 1. The SMILES string of the molecule is COc1cc(/C=N/NC(N)=S)c(Br)cc1OCCc1ccccc1. The summed E-state index contributed by atoms with van der Waals surface area (Å²) in [7, 11) is 1.60. The average molecular weight is 408 g/mol. The van der Waals surface area contributed by atoms with Gasteiger partial charge in [-0.05, 0) is 45.8 Å². The second-order valence-electron chi connectivity index (χ2n) is 4.84. The summed E-state index contributed by atoms with van der Waals surface area (Å²) >= 11 is 8.19. The number of hydrogen-bond acceptors (Lipinski definition) is 4. The van der Waals surface area contributed by atoms with Crippen LogP contribution in [0.3, 0.4) is 0 Å². The number of hydrogen-bond donors (Lipinski definition) is 2. The van der Waals surface area contributed by atoms with E-state index in [1.807, 2.05) is 30.3 Å². The Morgan fingerprint density at radius 3 is 2.71 bits per heavy atom. The Kier molecular flexibility index (Phi) is 7.02. The van der Waals surface area contributed by atoms with Crippen LogP contribution in [0.15, 0.2) is 52.0 Å². The van der Waals surface area contributed by atoms with E-state index >= 15 is 0 Å². The number of nitrogens with two attached hydrogens (primary N) is 1. The molecule has 2 aromatic rings. The summed E-state index contributed by atoms with van der Waals surface area (Å²) in [6, 6.07) is 13.9. The van der Waals surface area contributed by atoms with Crippen molar-refractivity contribution < 1.29 is 9.47 Å². The fourth-order valence-electron chi connectivity index (χ4n) is 2.01. The standard InChI is InChI=1S/C17H18BrN3O2S/c1-22-15-9-13(11-20-21-17(19)24)14(18)10-16(15)23-8-7-12-5-3-2-4-6-12/h2-6,9-11H,7-8H2,1H3,(H3,19,21,24)/b20-11+. The molecule has 24 heavy (non-hydrogen) atoms. The van der Waals surface area contributed by atoms with Crippen LogP contribution < -0.4 is 20.6 Å². The Labute approximate surface area is 155 Å². The Morgan fingerprint density at radius 2 is 2.04 bits per heavy atom. The molecule has 126 valence electrons. The van der Waals surface area contributed by atoms with Crippen LogP contribution >= 0.6 is 28.1 Å². The molecule has 0 aromatic heterocycles. The highest BCUT2D eigenvalue weighted by Crippen LogP contribution is 2.33. The van der Waals surface area contributed by atoms with Gasteiger partial charge in [0.15, 0.2) is 16.6 Å². The summed E-state index contributed by atoms with van der Waals surface area (Å²) in [6.07, 6.45) is 2.42. The number of nitrogens with zero attached hydrogens (tertiary/aromatic N) is 1. The number of ether oxygens (including phenoxy) is 2. The molecule has 2 aromatic carbocycles. The molecular formula is C17H18BrN3O2S. The normalized spacial score (nSPS) is 10.6. The van der Waals surface area contributed by atoms with Crippen molar-refractivity contribution in [2.24, 2.45) is 10.8 Å². The maximum absolute atomic E-state index is 5.85. The Bertz CT molecular complexity index is 723. The molecule has 0 amide bonds. The van der Waals surface area contributed by atoms with E-state index in [1.165, 1.54) is 5.56 Å². The molecule has 0 bridgehead atoms. The largest absolute Gasteiger partial charge is 0.493 e. The lowest BCUT2D eigenvalue weighted by Gasteiger charge is -2.12. The molecule has 7 heteroatoms. The molecule has 0 radical (unpaired) electrons. The molecule has 2 rings (SSSR count). The molecule has 0 spiro atoms. The molecule has 0 saturated carbocycles. The molecule has 0 aliphatic rings. The highest BCUT2D eigenvalue weighted by atomic mass is 79.9. The minimum absolute atomic E-state index is 0.107. The molecule has 0 atom stereocenters. The molecule has 0 unspecified atom stereocenters. The van der Waals surface area contributed by atoms with Crippen molar-refractivity contribution in [3.8, 4) is 11.5 Å². The van der Waals surface area contributed by atoms with Crippen LogP contribution in [0.25, 0.3) is 0 Å². The van der Waals surface area contributed by atoms with Crippen LogP contribution in [0.2, 0.25) is 0 Å². The molecule has 0 aliphatic carbocycles. The van der Waals surface area contributed by atoms with Gasteiger partial charge in [0.05, 0.1) is 19.9 Å². The van der Waals surface area contributed by atoms with E-state index < -0.39 is 0 Å². The van der Waals surface area contributed by atoms with Gasteiger partial charge in [0.1, 0.15) is 0 Å². The summed E-state index contributed by atoms with van der Waals surface area (Å²) in [5, 5.41) is 4.05. The number of nitrogens with one attached hydrogen (secondary N) is 1. The quantitative estimate of drug-likeness (QED) is 0.418. The third-order valence-corrected chi connectivity index (χ3v) is 3.93. The van der Waals surface area contributed by atoms with Gasteiger partial charge in [-0.1, -0.05) is 30.3 Å². The lowest BCUT2D eigenvalue weighted by molar-refractivity contribution is 0.297. The van der Waals surface area contributed by atoms with Gasteiger partial charge in [-0.2, -0.15) is 5.10 Å². The number of rotatable bonds is 7. The van der Waals surface area contributed by atoms with Gasteiger partial charge in [-0.3, -0.25) is 5.43 Å². The van der Waals surface area contributed by atoms with Crippen molar-refractivity contribution in [1.82, 2.24) is 5.43 Å². The van der Waals surface area contributed by atoms with Gasteiger partial charge < -0.3 is 15.2 Å². The zero-order chi connectivity index (χ0) is 17.4. The first kappa shape index (κ1) is 18.2. The fourth-order valence-corrected chi connectivity index (χ4v) is 2.49. The maximum atomic E-state index is 5.85. The maximum Gasteiger partial charge on any atom is 0.184 e. The van der Waals surface area contributed by atoms with E-state index in [2.05, 4.69) is 38.6 Å². The number of benzene rings is 2. The minimum atomic E-state index is 0.107. The number of thiocarbonyl (C=S) groups is 1. The summed E-state index contributed by atoms with van der Waals surface area (Å²) in [4.78, 5) is 0. The zero-order valence-corrected chi connectivity index (χ0v) is 15.6. The van der Waals surface area contributed by atoms with Crippen LogP contribution in [0.5, 0.6) is 11.5 Å². The van der Waals surface area contributed by atoms with Crippen molar-refractivity contribution in [2.45, 2.75) is 6.42 Å². The first-order valence-corrected chi connectivity index (χ1v) is 8.43. The molecule has 0 heterocycles. The monoisotopic (exact) mass is 407 g/mol. The molecule has 0 fully saturated rings. The Balaban J connectivity index is 2.05. The van der Waals surface area contributed by atoms with Crippen molar-refractivity contribution in [3.05, 3.63) is 58.1 Å². The first-order chi connectivity index (χ1) is 11.6. The van der Waals surface area contributed by atoms with E-state index in [0.29, 0.717) is 18.1 Å². The Morgan fingerprint density at radius 1 is 1.29 bits per heavy atom. The van der Waals surface area contributed by atoms with Crippen LogP contribution in [0.4, 0.5) is 0 Å². The highest BCUT2D eigenvalue weighted by molar-refractivity contribution is 9.10. The molecule has 0 saturated heterocycles. The smallest absolute Gasteiger partial charge is 0.184 e. The van der Waals surface area contributed by atoms with Crippen LogP contribution in [0.1, 0.15) is 11.1 Å². The molecule has 0 aliphatic heterocycles. The second kappa shape index (κ2) is 9.24. The van der Waals surface area contributed by atoms with E-state index in [9.17, 15) is 0 Å². The van der Waals surface area contributed by atoms with Gasteiger partial charge >= 0.3 is 0 Å². The summed E-state index contributed by atoms with van der Waals surface area (Å²) < 4.78 is 12.1. The molecule has 5 nitrogen and oxygen atoms in total. The third kappa shape index (κ3) is 5.50. The molecule has 3 N–H and O–H groups in total. The van der Waals surface area contributed by atoms with Crippen LogP contribution in [-0.4, -0.2) is 25.0 Å². The van der Waals surface area contributed by atoms with Crippen molar-refractivity contribution in [1.29, 1.82) is 0 Å². The van der Waals surface area contributed by atoms with Crippen molar-refractivity contribution in [2.75, 3.05) is 13.7 Å². The van der Waals surface area contributed by atoms with Gasteiger partial charge in [0, 0.05) is 16.5 Å². The van der Waals surface area contributed by atoms with Crippen LogP contribution in [-0.2, 0) is 6.42 Å². The van der Waals surface area contributed by atoms with Crippen molar-refractivity contribution >= 4 is 39.5 Å². The lowest BCUT2D eigenvalue weighted by atomic mass is 10.2. The minimum Gasteiger partial charge on any atom is -0.493 e. The average Bonchev–Trinajstić information content (AvgIpc) is 2.57. The van der Waals surface area contributed by atoms with E-state index in [-0.39, 0.29) is 5.11 Å². The van der Waals surface area contributed by atoms with Crippen LogP contribution in [0, 0.1) is 0 Å². The lowest BCUT2D eigenvalue weighted by Crippen LogP contribution is -2.24. The number of methoxy groups -OCH3 is 1. The fraction of sp³-hybridized carbons (Fsp3) is 0.176. The summed E-state index contributed by atoms with van der Waals surface area (Å²) in [5.41, 5.74) is 9.88. The first-order valence-electron chi connectivity index (χ1n) is 7.23. The van der Waals surface area contributed by atoms with Gasteiger partial charge in [-0.15, -0.1) is 0 Å². The highest BCUT2D eigenvalue weighted by Gasteiger charge is 2.09. The van der Waals surface area contributed by atoms with E-state index in [4.69, 9.17) is 27.4 Å². The van der Waals surface area contributed by atoms with Gasteiger partial charge in [-0.25, -0.2) is 0 Å². The predicted molar refractivity (Wildman–Crippen MR) is 104 cm³/mol. The van der Waals surface area contributed by atoms with Crippen molar-refractivity contribution in [3.63, 3.8) is 0 Å². The summed E-state index contributed by atoms with van der Waals surface area (Å²) in [5.74, 6) is 1.29. The zero-order valence-electron chi connectivity index (χ0n) is 13.2. The van der Waals surface area contributed by atoms with Gasteiger partial charge in [0.2, 0.25) is 0 Å². The van der Waals surface area contributed by atoms with E-state index in [1.54, 1.807) is 13.3 Å². The van der Waals surface area contributed by atoms with Gasteiger partial charge in [0.25, 0.3) is 0 Å². The Hall–Kier alpha value is -2.12. The van der Waals surface area contributed by atoms with E-state index in [0.717, 1.165) is 16.5 Å². The molecular weight excluding hydrogens is 390 g/mol. The topological polar surface area (TPSA) is 68.9 Å². The second-order valence-corrected chi connectivity index (χ2v) is 6.14. The third-order valence-electron chi connectivity index (χ3n) is 3.15. The number of hydrazone groups is 1. The summed E-state index contributed by atoms with van der Waals surface area (Å²) in [6.45, 7) is 0.559.